The number of hydrogen-bond donors (Lipinski definition) is 2. The SMILES string of the molecule is CC(=O)CC(=O)CCc1ccc(NC(=O)CC(C)(C)OCCC(C)(C)OCC(N)=O)cc1. The van der Waals surface area contributed by atoms with E-state index < -0.39 is 17.1 Å². The molecule has 1 rings (SSSR count). The summed E-state index contributed by atoms with van der Waals surface area (Å²) in [5.41, 5.74) is 5.48. The highest BCUT2D eigenvalue weighted by molar-refractivity contribution is 5.98. The van der Waals surface area contributed by atoms with Gasteiger partial charge in [-0.2, -0.15) is 0 Å². The minimum absolute atomic E-state index is 0.0239. The van der Waals surface area contributed by atoms with Gasteiger partial charge in [-0.15, -0.1) is 0 Å². The third kappa shape index (κ3) is 12.3. The number of primary amides is 1. The van der Waals surface area contributed by atoms with Crippen LogP contribution in [0.25, 0.3) is 0 Å². The predicted octanol–water partition coefficient (Wildman–Crippen LogP) is 2.96. The lowest BCUT2D eigenvalue weighted by atomic mass is 10.0. The fourth-order valence-corrected chi connectivity index (χ4v) is 2.96. The molecule has 0 aliphatic carbocycles. The van der Waals surface area contributed by atoms with Gasteiger partial charge in [-0.25, -0.2) is 0 Å². The molecular formula is C24H36N2O6. The highest BCUT2D eigenvalue weighted by atomic mass is 16.5. The molecule has 0 spiro atoms. The first-order chi connectivity index (χ1) is 14.8. The van der Waals surface area contributed by atoms with E-state index in [4.69, 9.17) is 15.2 Å². The molecule has 178 valence electrons. The van der Waals surface area contributed by atoms with Crippen molar-refractivity contribution in [2.24, 2.45) is 5.73 Å². The lowest BCUT2D eigenvalue weighted by Crippen LogP contribution is -2.35. The van der Waals surface area contributed by atoms with Crippen LogP contribution in [0.3, 0.4) is 0 Å². The van der Waals surface area contributed by atoms with E-state index in [0.29, 0.717) is 31.6 Å². The molecular weight excluding hydrogens is 412 g/mol. The van der Waals surface area contributed by atoms with Crippen molar-refractivity contribution in [3.05, 3.63) is 29.8 Å². The first-order valence-electron chi connectivity index (χ1n) is 10.7. The second kappa shape index (κ2) is 12.5. The zero-order chi connectivity index (χ0) is 24.4. The molecule has 0 bridgehead atoms. The monoisotopic (exact) mass is 448 g/mol. The van der Waals surface area contributed by atoms with Gasteiger partial charge >= 0.3 is 0 Å². The maximum Gasteiger partial charge on any atom is 0.243 e. The normalized spacial score (nSPS) is 11.8. The summed E-state index contributed by atoms with van der Waals surface area (Å²) in [6.07, 6.45) is 1.56. The van der Waals surface area contributed by atoms with Crippen LogP contribution >= 0.6 is 0 Å². The van der Waals surface area contributed by atoms with Gasteiger partial charge in [0, 0.05) is 12.1 Å². The number of hydrogen-bond acceptors (Lipinski definition) is 6. The number of aryl methyl sites for hydroxylation is 1. The van der Waals surface area contributed by atoms with E-state index in [0.717, 1.165) is 5.56 Å². The Morgan fingerprint density at radius 1 is 0.969 bits per heavy atom. The number of nitrogens with one attached hydrogen (secondary N) is 1. The fourth-order valence-electron chi connectivity index (χ4n) is 2.96. The fraction of sp³-hybridized carbons (Fsp3) is 0.583. The highest BCUT2D eigenvalue weighted by Gasteiger charge is 2.25. The molecule has 0 saturated carbocycles. The van der Waals surface area contributed by atoms with Gasteiger partial charge in [0.05, 0.1) is 30.7 Å². The number of carbonyl (C=O) groups is 4. The van der Waals surface area contributed by atoms with Crippen molar-refractivity contribution in [2.45, 2.75) is 77.9 Å². The number of carbonyl (C=O) groups excluding carboxylic acids is 4. The Labute approximate surface area is 190 Å². The molecule has 2 amide bonds. The van der Waals surface area contributed by atoms with Crippen molar-refractivity contribution in [1.29, 1.82) is 0 Å². The van der Waals surface area contributed by atoms with Gasteiger partial charge in [0.25, 0.3) is 0 Å². The first kappa shape index (κ1) is 27.5. The van der Waals surface area contributed by atoms with Crippen LogP contribution in [-0.4, -0.2) is 47.8 Å². The molecule has 8 heteroatoms. The zero-order valence-electron chi connectivity index (χ0n) is 19.8. The summed E-state index contributed by atoms with van der Waals surface area (Å²) in [6.45, 7) is 9.00. The molecule has 32 heavy (non-hydrogen) atoms. The van der Waals surface area contributed by atoms with Gasteiger partial charge in [-0.05, 0) is 65.2 Å². The second-order valence-corrected chi connectivity index (χ2v) is 9.21. The van der Waals surface area contributed by atoms with Gasteiger partial charge in [0.2, 0.25) is 11.8 Å². The summed E-state index contributed by atoms with van der Waals surface area (Å²) in [7, 11) is 0. The molecule has 3 N–H and O–H groups in total. The van der Waals surface area contributed by atoms with E-state index in [1.54, 1.807) is 12.1 Å². The maximum atomic E-state index is 12.4. The smallest absolute Gasteiger partial charge is 0.243 e. The Morgan fingerprint density at radius 2 is 1.59 bits per heavy atom. The second-order valence-electron chi connectivity index (χ2n) is 9.21. The predicted molar refractivity (Wildman–Crippen MR) is 122 cm³/mol. The van der Waals surface area contributed by atoms with E-state index in [9.17, 15) is 19.2 Å². The zero-order valence-corrected chi connectivity index (χ0v) is 19.8. The highest BCUT2D eigenvalue weighted by Crippen LogP contribution is 2.20. The molecule has 0 aliphatic rings. The van der Waals surface area contributed by atoms with Crippen LogP contribution in [0.5, 0.6) is 0 Å². The number of Topliss-reactive ketones (excluding diaryl/α,β-unsaturated/α-hetero) is 2. The topological polar surface area (TPSA) is 125 Å². The number of rotatable bonds is 15. The van der Waals surface area contributed by atoms with Crippen LogP contribution in [0.2, 0.25) is 0 Å². The molecule has 0 aliphatic heterocycles. The Hall–Kier alpha value is -2.58. The van der Waals surface area contributed by atoms with Gasteiger partial charge in [0.15, 0.2) is 0 Å². The molecule has 1 aromatic carbocycles. The third-order valence-electron chi connectivity index (χ3n) is 4.76. The minimum atomic E-state index is -0.680. The van der Waals surface area contributed by atoms with Crippen LogP contribution in [0.1, 0.15) is 65.9 Å². The molecule has 1 aromatic rings. The van der Waals surface area contributed by atoms with E-state index >= 15 is 0 Å². The van der Waals surface area contributed by atoms with Crippen LogP contribution < -0.4 is 11.1 Å². The van der Waals surface area contributed by atoms with Crippen molar-refractivity contribution in [2.75, 3.05) is 18.5 Å². The number of anilines is 1. The molecule has 0 heterocycles. The largest absolute Gasteiger partial charge is 0.375 e. The summed E-state index contributed by atoms with van der Waals surface area (Å²) in [4.78, 5) is 45.9. The summed E-state index contributed by atoms with van der Waals surface area (Å²) < 4.78 is 11.3. The van der Waals surface area contributed by atoms with E-state index in [2.05, 4.69) is 5.32 Å². The average molecular weight is 449 g/mol. The van der Waals surface area contributed by atoms with Crippen molar-refractivity contribution >= 4 is 29.1 Å². The number of ether oxygens (including phenoxy) is 2. The van der Waals surface area contributed by atoms with E-state index in [1.165, 1.54) is 6.92 Å². The van der Waals surface area contributed by atoms with Gasteiger partial charge in [-0.3, -0.25) is 19.2 Å². The maximum absolute atomic E-state index is 12.4. The molecule has 8 nitrogen and oxygen atoms in total. The van der Waals surface area contributed by atoms with Crippen molar-refractivity contribution in [1.82, 2.24) is 0 Å². The van der Waals surface area contributed by atoms with Gasteiger partial charge in [0.1, 0.15) is 18.2 Å². The van der Waals surface area contributed by atoms with Crippen LogP contribution in [0.4, 0.5) is 5.69 Å². The lowest BCUT2D eigenvalue weighted by Gasteiger charge is -2.29. The number of benzene rings is 1. The van der Waals surface area contributed by atoms with Crippen molar-refractivity contribution in [3.63, 3.8) is 0 Å². The lowest BCUT2D eigenvalue weighted by molar-refractivity contribution is -0.132. The van der Waals surface area contributed by atoms with Gasteiger partial charge in [-0.1, -0.05) is 12.1 Å². The Balaban J connectivity index is 2.43. The number of amides is 2. The first-order valence-corrected chi connectivity index (χ1v) is 10.7. The summed E-state index contributed by atoms with van der Waals surface area (Å²) in [5, 5.41) is 2.85. The van der Waals surface area contributed by atoms with Crippen LogP contribution in [-0.2, 0) is 35.1 Å². The average Bonchev–Trinajstić information content (AvgIpc) is 2.64. The molecule has 0 fully saturated rings. The van der Waals surface area contributed by atoms with E-state index in [1.807, 2.05) is 39.8 Å². The third-order valence-corrected chi connectivity index (χ3v) is 4.76. The quantitative estimate of drug-likeness (QED) is 0.398. The van der Waals surface area contributed by atoms with Crippen LogP contribution in [0.15, 0.2) is 24.3 Å². The molecule has 0 radical (unpaired) electrons. The molecule has 0 aromatic heterocycles. The van der Waals surface area contributed by atoms with Crippen molar-refractivity contribution in [3.8, 4) is 0 Å². The minimum Gasteiger partial charge on any atom is -0.375 e. The Bertz CT molecular complexity index is 799. The van der Waals surface area contributed by atoms with Crippen molar-refractivity contribution < 1.29 is 28.7 Å². The summed E-state index contributed by atoms with van der Waals surface area (Å²) in [5.74, 6) is -0.894. The Kier molecular flexibility index (Phi) is 10.7. The number of nitrogens with two attached hydrogens (primary N) is 1. The number of ketones is 2. The van der Waals surface area contributed by atoms with Crippen LogP contribution in [0, 0.1) is 0 Å². The molecule has 0 saturated heterocycles. The summed E-state index contributed by atoms with van der Waals surface area (Å²) >= 11 is 0. The Morgan fingerprint density at radius 3 is 2.16 bits per heavy atom. The summed E-state index contributed by atoms with van der Waals surface area (Å²) in [6, 6.07) is 7.28. The van der Waals surface area contributed by atoms with Gasteiger partial charge < -0.3 is 20.5 Å². The standard InChI is InChI=1S/C24H36N2O6/c1-17(27)14-20(28)11-8-18-6-9-19(10-7-18)26-22(30)15-24(4,5)31-13-12-23(2,3)32-16-21(25)29/h6-7,9-10H,8,11-16H2,1-5H3,(H2,25,29)(H,26,30). The van der Waals surface area contributed by atoms with E-state index in [-0.39, 0.29) is 36.9 Å². The molecule has 0 unspecified atom stereocenters. The molecule has 0 atom stereocenters.